The van der Waals surface area contributed by atoms with E-state index in [4.69, 9.17) is 11.3 Å². The summed E-state index contributed by atoms with van der Waals surface area (Å²) in [6.45, 7) is 11.2. The molecule has 0 radical (unpaired) electrons. The van der Waals surface area contributed by atoms with Crippen LogP contribution >= 0.6 is 34.4 Å². The Morgan fingerprint density at radius 3 is 2.76 bits per heavy atom. The number of thioether (sulfide) groups is 1. The van der Waals surface area contributed by atoms with Crippen molar-refractivity contribution < 1.29 is 4.74 Å². The Hall–Kier alpha value is -1.83. The molecule has 29 heavy (non-hydrogen) atoms. The highest BCUT2D eigenvalue weighted by Gasteiger charge is 2.21. The second kappa shape index (κ2) is 10.8. The molecule has 0 unspecified atom stereocenters. The van der Waals surface area contributed by atoms with Gasteiger partial charge in [0.1, 0.15) is 5.65 Å². The van der Waals surface area contributed by atoms with Crippen molar-refractivity contribution in [2.45, 2.75) is 37.8 Å². The molecule has 3 aromatic rings. The van der Waals surface area contributed by atoms with E-state index in [1.165, 1.54) is 35.4 Å². The topological polar surface area (TPSA) is 63.8 Å². The van der Waals surface area contributed by atoms with Crippen LogP contribution in [0.3, 0.4) is 0 Å². The van der Waals surface area contributed by atoms with Gasteiger partial charge in [-0.05, 0) is 34.6 Å². The molecule has 8 heteroatoms. The van der Waals surface area contributed by atoms with Gasteiger partial charge < -0.3 is 4.74 Å². The molecule has 0 fully saturated rings. The largest absolute Gasteiger partial charge is 0.381 e. The summed E-state index contributed by atoms with van der Waals surface area (Å²) in [4.78, 5) is 23.8. The molecular weight excluding hydrogens is 499 g/mol. The number of halogens is 1. The molecular formula is C21H23IN4O2S. The molecule has 0 amide bonds. The van der Waals surface area contributed by atoms with Crippen molar-refractivity contribution in [3.05, 3.63) is 55.9 Å². The molecule has 1 aromatic carbocycles. The summed E-state index contributed by atoms with van der Waals surface area (Å²) in [7, 11) is 0. The summed E-state index contributed by atoms with van der Waals surface area (Å²) in [6.07, 6.45) is 4.75. The first-order chi connectivity index (χ1) is 14.2. The van der Waals surface area contributed by atoms with Crippen LogP contribution in [0.25, 0.3) is 21.6 Å². The fourth-order valence-electron chi connectivity index (χ4n) is 3.05. The van der Waals surface area contributed by atoms with Gasteiger partial charge in [-0.2, -0.15) is 0 Å². The van der Waals surface area contributed by atoms with Gasteiger partial charge in [0.25, 0.3) is 0 Å². The lowest BCUT2D eigenvalue weighted by Crippen LogP contribution is -2.19. The van der Waals surface area contributed by atoms with Crippen molar-refractivity contribution in [3.8, 4) is 11.1 Å². The molecule has 6 nitrogen and oxygen atoms in total. The van der Waals surface area contributed by atoms with Gasteiger partial charge in [0.05, 0.1) is 16.9 Å². The Morgan fingerprint density at radius 2 is 2.03 bits per heavy atom. The number of nitrogens with zero attached hydrogens (tertiary/aromatic N) is 3. The lowest BCUT2D eigenvalue weighted by Gasteiger charge is -2.06. The van der Waals surface area contributed by atoms with Crippen LogP contribution in [0.15, 0.2) is 40.3 Å². The summed E-state index contributed by atoms with van der Waals surface area (Å²) >= 11 is 3.50. The van der Waals surface area contributed by atoms with Gasteiger partial charge in [-0.15, -0.1) is 0 Å². The predicted octanol–water partition coefficient (Wildman–Crippen LogP) is 5.53. The number of nitrogens with one attached hydrogen (secondary N) is 1. The second-order valence-electron chi connectivity index (χ2n) is 6.52. The van der Waals surface area contributed by atoms with E-state index in [-0.39, 0.29) is 5.69 Å². The SMILES string of the molecule is [C-]#[N+]c1c(-c2ccccc2)c2nc(SCCOCCCCCC)[nH]c(=O)n2c1I. The minimum Gasteiger partial charge on any atom is -0.381 e. The predicted molar refractivity (Wildman–Crippen MR) is 126 cm³/mol. The number of aromatic amines is 1. The highest BCUT2D eigenvalue weighted by Crippen LogP contribution is 2.39. The number of benzene rings is 1. The van der Waals surface area contributed by atoms with Crippen molar-refractivity contribution in [2.24, 2.45) is 0 Å². The van der Waals surface area contributed by atoms with Crippen LogP contribution in [0.2, 0.25) is 0 Å². The highest BCUT2D eigenvalue weighted by atomic mass is 127. The van der Waals surface area contributed by atoms with E-state index in [1.54, 1.807) is 0 Å². The van der Waals surface area contributed by atoms with Crippen molar-refractivity contribution in [1.29, 1.82) is 0 Å². The molecule has 0 aliphatic heterocycles. The minimum absolute atomic E-state index is 0.283. The van der Waals surface area contributed by atoms with Gasteiger partial charge in [0.15, 0.2) is 5.16 Å². The summed E-state index contributed by atoms with van der Waals surface area (Å²) in [5, 5.41) is 0.541. The molecule has 2 aromatic heterocycles. The molecule has 1 N–H and O–H groups in total. The third kappa shape index (κ3) is 5.21. The molecule has 0 bridgehead atoms. The molecule has 0 saturated carbocycles. The maximum Gasteiger partial charge on any atom is 0.332 e. The van der Waals surface area contributed by atoms with Crippen molar-refractivity contribution in [2.75, 3.05) is 19.0 Å². The zero-order chi connectivity index (χ0) is 20.6. The Bertz CT molecular complexity index is 1060. The smallest absolute Gasteiger partial charge is 0.332 e. The maximum absolute atomic E-state index is 12.7. The molecule has 0 saturated heterocycles. The summed E-state index contributed by atoms with van der Waals surface area (Å²) in [5.41, 5.74) is 2.26. The third-order valence-electron chi connectivity index (χ3n) is 4.47. The lowest BCUT2D eigenvalue weighted by molar-refractivity contribution is 0.145. The molecule has 0 aliphatic carbocycles. The van der Waals surface area contributed by atoms with Crippen LogP contribution in [0.5, 0.6) is 0 Å². The Labute approximate surface area is 188 Å². The number of hydrogen-bond acceptors (Lipinski definition) is 4. The van der Waals surface area contributed by atoms with Crippen LogP contribution in [0, 0.1) is 10.3 Å². The Morgan fingerprint density at radius 1 is 1.24 bits per heavy atom. The van der Waals surface area contributed by atoms with Crippen LogP contribution in [-0.4, -0.2) is 33.3 Å². The van der Waals surface area contributed by atoms with E-state index in [1.807, 2.05) is 52.9 Å². The quantitative estimate of drug-likeness (QED) is 0.165. The van der Waals surface area contributed by atoms with Gasteiger partial charge >= 0.3 is 5.69 Å². The van der Waals surface area contributed by atoms with Crippen LogP contribution in [0.1, 0.15) is 32.6 Å². The number of ether oxygens (including phenoxy) is 1. The average Bonchev–Trinajstić information content (AvgIpc) is 3.02. The second-order valence-corrected chi connectivity index (χ2v) is 8.63. The first-order valence-corrected chi connectivity index (χ1v) is 11.7. The Kier molecular flexibility index (Phi) is 8.15. The normalized spacial score (nSPS) is 11.1. The lowest BCUT2D eigenvalue weighted by atomic mass is 10.1. The fourth-order valence-corrected chi connectivity index (χ4v) is 4.60. The maximum atomic E-state index is 12.7. The summed E-state index contributed by atoms with van der Waals surface area (Å²) < 4.78 is 7.72. The van der Waals surface area contributed by atoms with E-state index in [0.717, 1.165) is 18.6 Å². The first-order valence-electron chi connectivity index (χ1n) is 9.65. The fraction of sp³-hybridized carbons (Fsp3) is 0.381. The Balaban J connectivity index is 1.80. The molecule has 0 aliphatic rings. The van der Waals surface area contributed by atoms with E-state index >= 15 is 0 Å². The number of hydrogen-bond donors (Lipinski definition) is 1. The monoisotopic (exact) mass is 522 g/mol. The third-order valence-corrected chi connectivity index (χ3v) is 6.30. The van der Waals surface area contributed by atoms with Crippen molar-refractivity contribution in [1.82, 2.24) is 14.4 Å². The molecule has 2 heterocycles. The highest BCUT2D eigenvalue weighted by molar-refractivity contribution is 14.1. The zero-order valence-electron chi connectivity index (χ0n) is 16.3. The van der Waals surface area contributed by atoms with Crippen LogP contribution < -0.4 is 5.69 Å². The van der Waals surface area contributed by atoms with E-state index in [2.05, 4.69) is 21.7 Å². The number of aromatic nitrogens is 3. The van der Waals surface area contributed by atoms with Gasteiger partial charge in [0.2, 0.25) is 5.69 Å². The van der Waals surface area contributed by atoms with Crippen molar-refractivity contribution >= 4 is 45.7 Å². The number of fused-ring (bicyclic) bond motifs is 1. The summed E-state index contributed by atoms with van der Waals surface area (Å²) in [6, 6.07) is 9.62. The van der Waals surface area contributed by atoms with Gasteiger partial charge in [-0.1, -0.05) is 68.3 Å². The van der Waals surface area contributed by atoms with Gasteiger partial charge in [-0.3, -0.25) is 9.38 Å². The van der Waals surface area contributed by atoms with Crippen LogP contribution in [-0.2, 0) is 4.74 Å². The molecule has 0 atom stereocenters. The minimum atomic E-state index is -0.283. The summed E-state index contributed by atoms with van der Waals surface area (Å²) in [5.74, 6) is 0.709. The molecule has 152 valence electrons. The number of unbranched alkanes of at least 4 members (excludes halogenated alkanes) is 3. The number of rotatable bonds is 10. The van der Waals surface area contributed by atoms with Gasteiger partial charge in [-0.25, -0.2) is 14.6 Å². The first kappa shape index (κ1) is 21.9. The van der Waals surface area contributed by atoms with E-state index < -0.39 is 0 Å². The van der Waals surface area contributed by atoms with Gasteiger partial charge in [0, 0.05) is 17.9 Å². The molecule has 3 rings (SSSR count). The standard InChI is InChI=1S/C21H23IN4O2S/c1-3-4-5-9-12-28-13-14-29-20-24-19-16(15-10-7-6-8-11-15)17(23-2)18(22)26(19)21(27)25-20/h6-8,10-11H,3-5,9,12-14H2,1H3,(H,24,25,27). The average molecular weight is 522 g/mol. The van der Waals surface area contributed by atoms with Crippen LogP contribution in [0.4, 0.5) is 5.69 Å². The number of H-pyrrole nitrogens is 1. The van der Waals surface area contributed by atoms with E-state index in [0.29, 0.717) is 38.1 Å². The van der Waals surface area contributed by atoms with Crippen molar-refractivity contribution in [3.63, 3.8) is 0 Å². The van der Waals surface area contributed by atoms with E-state index in [9.17, 15) is 4.79 Å². The zero-order valence-corrected chi connectivity index (χ0v) is 19.3. The molecule has 0 spiro atoms.